The van der Waals surface area contributed by atoms with E-state index < -0.39 is 5.41 Å². The lowest BCUT2D eigenvalue weighted by Gasteiger charge is -2.39. The van der Waals surface area contributed by atoms with Crippen LogP contribution in [0.2, 0.25) is 5.02 Å². The van der Waals surface area contributed by atoms with Crippen LogP contribution in [0.3, 0.4) is 0 Å². The monoisotopic (exact) mass is 445 g/mol. The molecule has 3 rings (SSSR count). The Morgan fingerprint density at radius 1 is 1.07 bits per heavy atom. The number of nitrogens with one attached hydrogen (secondary N) is 2. The maximum absolute atomic E-state index is 12.8. The summed E-state index contributed by atoms with van der Waals surface area (Å²) in [5.74, 6) is -0.521. The van der Waals surface area contributed by atoms with Crippen molar-refractivity contribution in [2.45, 2.75) is 24.7 Å². The first-order valence-electron chi connectivity index (χ1n) is 9.69. The van der Waals surface area contributed by atoms with E-state index in [4.69, 9.17) is 11.6 Å². The van der Waals surface area contributed by atoms with E-state index in [9.17, 15) is 14.4 Å². The molecular weight excluding hydrogens is 422 g/mol. The van der Waals surface area contributed by atoms with Crippen molar-refractivity contribution >= 4 is 41.1 Å². The number of hydrogen-bond acceptors (Lipinski definition) is 4. The number of rotatable bonds is 5. The fraction of sp³-hybridized carbons (Fsp3) is 0.318. The summed E-state index contributed by atoms with van der Waals surface area (Å²) >= 11 is 7.20. The first kappa shape index (κ1) is 22.2. The molecule has 2 N–H and O–H groups in total. The molecule has 0 unspecified atom stereocenters. The van der Waals surface area contributed by atoms with Crippen LogP contribution in [0, 0.1) is 5.41 Å². The van der Waals surface area contributed by atoms with Gasteiger partial charge < -0.3 is 4.90 Å². The molecule has 2 aromatic rings. The minimum Gasteiger partial charge on any atom is -0.338 e. The first-order chi connectivity index (χ1) is 14.4. The number of hydrazine groups is 1. The van der Waals surface area contributed by atoms with Gasteiger partial charge in [-0.3, -0.25) is 25.2 Å². The Morgan fingerprint density at radius 3 is 2.47 bits per heavy atom. The van der Waals surface area contributed by atoms with E-state index in [1.54, 1.807) is 29.2 Å². The Bertz CT molecular complexity index is 908. The highest BCUT2D eigenvalue weighted by Gasteiger charge is 2.39. The molecule has 1 aliphatic rings. The second kappa shape index (κ2) is 10.00. The predicted octanol–water partition coefficient (Wildman–Crippen LogP) is 3.52. The van der Waals surface area contributed by atoms with Crippen LogP contribution in [-0.4, -0.2) is 41.5 Å². The van der Waals surface area contributed by atoms with Gasteiger partial charge in [0.2, 0.25) is 11.8 Å². The highest BCUT2D eigenvalue weighted by Crippen LogP contribution is 2.30. The molecule has 0 saturated carbocycles. The van der Waals surface area contributed by atoms with Gasteiger partial charge >= 0.3 is 0 Å². The molecule has 1 atom stereocenters. The van der Waals surface area contributed by atoms with Crippen molar-refractivity contribution in [2.75, 3.05) is 18.8 Å². The number of carbonyl (C=O) groups is 3. The summed E-state index contributed by atoms with van der Waals surface area (Å²) in [4.78, 5) is 40.2. The van der Waals surface area contributed by atoms with Gasteiger partial charge in [0, 0.05) is 28.6 Å². The molecule has 2 aromatic carbocycles. The van der Waals surface area contributed by atoms with E-state index in [0.29, 0.717) is 30.1 Å². The quantitative estimate of drug-likeness (QED) is 0.545. The number of likely N-dealkylation sites (tertiary alicyclic amines) is 1. The molecule has 0 radical (unpaired) electrons. The minimum absolute atomic E-state index is 0.0854. The first-order valence-corrected chi connectivity index (χ1v) is 11.1. The van der Waals surface area contributed by atoms with Gasteiger partial charge in [-0.1, -0.05) is 29.8 Å². The Morgan fingerprint density at radius 2 is 1.77 bits per heavy atom. The summed E-state index contributed by atoms with van der Waals surface area (Å²) in [7, 11) is 0. The smallest absolute Gasteiger partial charge is 0.253 e. The van der Waals surface area contributed by atoms with E-state index >= 15 is 0 Å². The van der Waals surface area contributed by atoms with Crippen molar-refractivity contribution in [1.29, 1.82) is 0 Å². The lowest BCUT2D eigenvalue weighted by Crippen LogP contribution is -2.55. The van der Waals surface area contributed by atoms with Crippen molar-refractivity contribution in [2.24, 2.45) is 5.41 Å². The van der Waals surface area contributed by atoms with E-state index in [-0.39, 0.29) is 23.5 Å². The minimum atomic E-state index is -0.765. The third-order valence-electron chi connectivity index (χ3n) is 5.05. The number of amides is 3. The molecule has 1 saturated heterocycles. The third-order valence-corrected chi connectivity index (χ3v) is 6.32. The standard InChI is InChI=1S/C22H24ClN3O3S/c1-22(12-5-13-26(15-22)20(28)16-6-3-2-4-7-16)21(29)25-24-19(27)14-30-18-10-8-17(23)9-11-18/h2-4,6-11H,5,12-15H2,1H3,(H,24,27)(H,25,29)/t22-/m0/s1. The Kier molecular flexibility index (Phi) is 7.39. The zero-order valence-electron chi connectivity index (χ0n) is 16.7. The van der Waals surface area contributed by atoms with E-state index in [1.807, 2.05) is 37.3 Å². The molecule has 0 aromatic heterocycles. The summed E-state index contributed by atoms with van der Waals surface area (Å²) in [5, 5.41) is 0.636. The second-order valence-electron chi connectivity index (χ2n) is 7.50. The maximum atomic E-state index is 12.8. The number of nitrogens with zero attached hydrogens (tertiary/aromatic N) is 1. The molecular formula is C22H24ClN3O3S. The van der Waals surface area contributed by atoms with Gasteiger partial charge in [-0.2, -0.15) is 0 Å². The van der Waals surface area contributed by atoms with Crippen LogP contribution in [0.15, 0.2) is 59.5 Å². The van der Waals surface area contributed by atoms with E-state index in [1.165, 1.54) is 11.8 Å². The summed E-state index contributed by atoms with van der Waals surface area (Å²) in [6.45, 7) is 2.74. The summed E-state index contributed by atoms with van der Waals surface area (Å²) in [5.41, 5.74) is 4.84. The molecule has 0 bridgehead atoms. The topological polar surface area (TPSA) is 78.5 Å². The highest BCUT2D eigenvalue weighted by atomic mass is 35.5. The molecule has 1 heterocycles. The molecule has 0 aliphatic carbocycles. The van der Waals surface area contributed by atoms with Gasteiger partial charge in [0.15, 0.2) is 0 Å². The van der Waals surface area contributed by atoms with Crippen molar-refractivity contribution < 1.29 is 14.4 Å². The van der Waals surface area contributed by atoms with Crippen molar-refractivity contribution in [3.63, 3.8) is 0 Å². The van der Waals surface area contributed by atoms with Gasteiger partial charge in [0.1, 0.15) is 0 Å². The molecule has 158 valence electrons. The largest absolute Gasteiger partial charge is 0.338 e. The molecule has 30 heavy (non-hydrogen) atoms. The highest BCUT2D eigenvalue weighted by molar-refractivity contribution is 8.00. The van der Waals surface area contributed by atoms with Crippen LogP contribution in [0.4, 0.5) is 0 Å². The lowest BCUT2D eigenvalue weighted by molar-refractivity contribution is -0.136. The van der Waals surface area contributed by atoms with Crippen LogP contribution < -0.4 is 10.9 Å². The van der Waals surface area contributed by atoms with Gasteiger partial charge in [-0.15, -0.1) is 11.8 Å². The van der Waals surface area contributed by atoms with Crippen LogP contribution in [0.25, 0.3) is 0 Å². The van der Waals surface area contributed by atoms with Crippen LogP contribution in [0.1, 0.15) is 30.1 Å². The van der Waals surface area contributed by atoms with Crippen molar-refractivity contribution in [1.82, 2.24) is 15.8 Å². The van der Waals surface area contributed by atoms with Gasteiger partial charge in [0.25, 0.3) is 5.91 Å². The fourth-order valence-electron chi connectivity index (χ4n) is 3.35. The zero-order valence-corrected chi connectivity index (χ0v) is 18.3. The van der Waals surface area contributed by atoms with E-state index in [2.05, 4.69) is 10.9 Å². The number of thioether (sulfide) groups is 1. The fourth-order valence-corrected chi connectivity index (χ4v) is 4.18. The number of piperidine rings is 1. The molecule has 0 spiro atoms. The van der Waals surface area contributed by atoms with Gasteiger partial charge in [-0.25, -0.2) is 0 Å². The maximum Gasteiger partial charge on any atom is 0.253 e. The lowest BCUT2D eigenvalue weighted by atomic mass is 9.81. The summed E-state index contributed by atoms with van der Waals surface area (Å²) < 4.78 is 0. The van der Waals surface area contributed by atoms with E-state index in [0.717, 1.165) is 11.3 Å². The van der Waals surface area contributed by atoms with Crippen molar-refractivity contribution in [3.8, 4) is 0 Å². The van der Waals surface area contributed by atoms with Crippen LogP contribution >= 0.6 is 23.4 Å². The number of halogens is 1. The number of benzene rings is 2. The molecule has 3 amide bonds. The predicted molar refractivity (Wildman–Crippen MR) is 118 cm³/mol. The van der Waals surface area contributed by atoms with Crippen LogP contribution in [0.5, 0.6) is 0 Å². The Hall–Kier alpha value is -2.51. The summed E-state index contributed by atoms with van der Waals surface area (Å²) in [6.07, 6.45) is 1.37. The number of carbonyl (C=O) groups excluding carboxylic acids is 3. The Balaban J connectivity index is 1.50. The Labute approximate surface area is 185 Å². The number of hydrogen-bond donors (Lipinski definition) is 2. The van der Waals surface area contributed by atoms with Crippen LogP contribution in [-0.2, 0) is 9.59 Å². The van der Waals surface area contributed by atoms with Gasteiger partial charge in [0.05, 0.1) is 11.2 Å². The third kappa shape index (κ3) is 5.77. The van der Waals surface area contributed by atoms with Gasteiger partial charge in [-0.05, 0) is 56.2 Å². The average molecular weight is 446 g/mol. The zero-order chi connectivity index (χ0) is 21.6. The molecule has 1 aliphatic heterocycles. The molecule has 8 heteroatoms. The second-order valence-corrected chi connectivity index (χ2v) is 8.99. The SMILES string of the molecule is C[C@]1(C(=O)NNC(=O)CSc2ccc(Cl)cc2)CCCN(C(=O)c2ccccc2)C1. The summed E-state index contributed by atoms with van der Waals surface area (Å²) in [6, 6.07) is 16.2. The van der Waals surface area contributed by atoms with Crippen molar-refractivity contribution in [3.05, 3.63) is 65.2 Å². The molecule has 6 nitrogen and oxygen atoms in total. The normalized spacial score (nSPS) is 18.5. The molecule has 1 fully saturated rings. The average Bonchev–Trinajstić information content (AvgIpc) is 2.77.